The summed E-state index contributed by atoms with van der Waals surface area (Å²) in [6.07, 6.45) is 1.79. The summed E-state index contributed by atoms with van der Waals surface area (Å²) in [5, 5.41) is 5.73. The van der Waals surface area contributed by atoms with Crippen molar-refractivity contribution < 1.29 is 9.53 Å². The number of morpholine rings is 1. The van der Waals surface area contributed by atoms with Crippen molar-refractivity contribution in [3.05, 3.63) is 35.5 Å². The summed E-state index contributed by atoms with van der Waals surface area (Å²) in [4.78, 5) is 13.8. The Bertz CT molecular complexity index is 562. The Morgan fingerprint density at radius 1 is 1.15 bits per heavy atom. The predicted molar refractivity (Wildman–Crippen MR) is 81.3 cm³/mol. The van der Waals surface area contributed by atoms with Gasteiger partial charge in [-0.1, -0.05) is 12.1 Å². The van der Waals surface area contributed by atoms with Crippen molar-refractivity contribution in [2.45, 2.75) is 0 Å². The summed E-state index contributed by atoms with van der Waals surface area (Å²) < 4.78 is 5.34. The van der Waals surface area contributed by atoms with Crippen LogP contribution in [0.2, 0.25) is 0 Å². The minimum Gasteiger partial charge on any atom is -0.378 e. The molecule has 20 heavy (non-hydrogen) atoms. The first kappa shape index (κ1) is 13.1. The minimum absolute atomic E-state index is 0.188. The largest absolute Gasteiger partial charge is 0.378 e. The van der Waals surface area contributed by atoms with Crippen molar-refractivity contribution in [3.8, 4) is 0 Å². The molecule has 0 aliphatic carbocycles. The van der Waals surface area contributed by atoms with E-state index >= 15 is 0 Å². The van der Waals surface area contributed by atoms with Gasteiger partial charge in [-0.2, -0.15) is 0 Å². The van der Waals surface area contributed by atoms with Gasteiger partial charge in [0.05, 0.1) is 13.2 Å². The predicted octanol–water partition coefficient (Wildman–Crippen LogP) is 0.868. The summed E-state index contributed by atoms with van der Waals surface area (Å²) in [6, 6.07) is 8.11. The Morgan fingerprint density at radius 2 is 1.85 bits per heavy atom. The molecule has 5 nitrogen and oxygen atoms in total. The fourth-order valence-corrected chi connectivity index (χ4v) is 2.45. The van der Waals surface area contributed by atoms with E-state index in [9.17, 15) is 4.79 Å². The van der Waals surface area contributed by atoms with Gasteiger partial charge in [-0.3, -0.25) is 10.1 Å². The summed E-state index contributed by atoms with van der Waals surface area (Å²) in [7, 11) is 0. The van der Waals surface area contributed by atoms with E-state index in [1.54, 1.807) is 6.08 Å². The third-order valence-corrected chi connectivity index (χ3v) is 3.50. The van der Waals surface area contributed by atoms with E-state index in [0.717, 1.165) is 31.9 Å². The van der Waals surface area contributed by atoms with Crippen LogP contribution in [-0.4, -0.2) is 37.3 Å². The number of amides is 1. The Balaban J connectivity index is 1.74. The van der Waals surface area contributed by atoms with E-state index < -0.39 is 0 Å². The van der Waals surface area contributed by atoms with Crippen molar-refractivity contribution in [3.63, 3.8) is 0 Å². The van der Waals surface area contributed by atoms with Crippen molar-refractivity contribution in [1.82, 2.24) is 10.6 Å². The highest BCUT2D eigenvalue weighted by atomic mass is 32.1. The fraction of sp³-hybridized carbons (Fsp3) is 0.286. The Kier molecular flexibility index (Phi) is 3.66. The number of thiocarbonyl (C=S) groups is 1. The van der Waals surface area contributed by atoms with Crippen LogP contribution in [0.25, 0.3) is 6.08 Å². The topological polar surface area (TPSA) is 53.6 Å². The van der Waals surface area contributed by atoms with Crippen LogP contribution < -0.4 is 15.5 Å². The number of hydrogen-bond acceptors (Lipinski definition) is 4. The van der Waals surface area contributed by atoms with E-state index in [2.05, 4.69) is 27.7 Å². The van der Waals surface area contributed by atoms with E-state index in [-0.39, 0.29) is 5.91 Å². The molecule has 2 N–H and O–H groups in total. The van der Waals surface area contributed by atoms with Gasteiger partial charge < -0.3 is 15.0 Å². The smallest absolute Gasteiger partial charge is 0.273 e. The summed E-state index contributed by atoms with van der Waals surface area (Å²) >= 11 is 4.89. The lowest BCUT2D eigenvalue weighted by Crippen LogP contribution is -2.36. The van der Waals surface area contributed by atoms with Crippen LogP contribution in [0.5, 0.6) is 0 Å². The molecule has 2 aliphatic heterocycles. The number of carbonyl (C=O) groups is 1. The maximum Gasteiger partial charge on any atom is 0.273 e. The normalized spacial score (nSPS) is 21.0. The zero-order valence-electron chi connectivity index (χ0n) is 10.9. The first-order chi connectivity index (χ1) is 9.72. The molecule has 1 amide bonds. The lowest BCUT2D eigenvalue weighted by atomic mass is 10.1. The minimum atomic E-state index is -0.188. The molecule has 0 aromatic heterocycles. The molecule has 0 unspecified atom stereocenters. The van der Waals surface area contributed by atoms with Crippen LogP contribution >= 0.6 is 12.2 Å². The lowest BCUT2D eigenvalue weighted by molar-refractivity contribution is -0.115. The number of rotatable bonds is 2. The van der Waals surface area contributed by atoms with Gasteiger partial charge in [0.15, 0.2) is 5.11 Å². The van der Waals surface area contributed by atoms with Gasteiger partial charge in [0.2, 0.25) is 0 Å². The standard InChI is InChI=1S/C14H15N3O2S/c18-13-12(15-14(20)16-13)9-10-1-3-11(4-2-10)17-5-7-19-8-6-17/h1-4,9H,5-8H2,(H2,15,16,18,20)/b12-9-. The highest BCUT2D eigenvalue weighted by molar-refractivity contribution is 7.80. The molecule has 0 atom stereocenters. The summed E-state index contributed by atoms with van der Waals surface area (Å²) in [6.45, 7) is 3.37. The molecule has 0 bridgehead atoms. The lowest BCUT2D eigenvalue weighted by Gasteiger charge is -2.28. The number of anilines is 1. The molecule has 2 fully saturated rings. The molecular weight excluding hydrogens is 274 g/mol. The second-order valence-electron chi connectivity index (χ2n) is 4.66. The van der Waals surface area contributed by atoms with Crippen molar-refractivity contribution >= 4 is 35.0 Å². The molecule has 2 aliphatic rings. The van der Waals surface area contributed by atoms with E-state index in [1.807, 2.05) is 12.1 Å². The average Bonchev–Trinajstić information content (AvgIpc) is 2.79. The molecule has 0 radical (unpaired) electrons. The van der Waals surface area contributed by atoms with Crippen LogP contribution in [-0.2, 0) is 9.53 Å². The van der Waals surface area contributed by atoms with Crippen LogP contribution in [0, 0.1) is 0 Å². The highest BCUT2D eigenvalue weighted by Crippen LogP contribution is 2.18. The first-order valence-electron chi connectivity index (χ1n) is 6.49. The number of nitrogens with zero attached hydrogens (tertiary/aromatic N) is 1. The number of ether oxygens (including phenoxy) is 1. The molecule has 0 saturated carbocycles. The summed E-state index contributed by atoms with van der Waals surface area (Å²) in [5.74, 6) is -0.188. The number of nitrogens with one attached hydrogen (secondary N) is 2. The second-order valence-corrected chi connectivity index (χ2v) is 5.07. The Hall–Kier alpha value is -1.92. The van der Waals surface area contributed by atoms with Gasteiger partial charge in [-0.05, 0) is 36.0 Å². The van der Waals surface area contributed by atoms with Crippen LogP contribution in [0.4, 0.5) is 5.69 Å². The van der Waals surface area contributed by atoms with Gasteiger partial charge in [-0.15, -0.1) is 0 Å². The zero-order valence-corrected chi connectivity index (χ0v) is 11.7. The van der Waals surface area contributed by atoms with Gasteiger partial charge in [0, 0.05) is 18.8 Å². The highest BCUT2D eigenvalue weighted by Gasteiger charge is 2.19. The van der Waals surface area contributed by atoms with E-state index in [4.69, 9.17) is 17.0 Å². The Labute approximate surface area is 122 Å². The van der Waals surface area contributed by atoms with Crippen molar-refractivity contribution in [1.29, 1.82) is 0 Å². The van der Waals surface area contributed by atoms with Crippen molar-refractivity contribution in [2.24, 2.45) is 0 Å². The molecule has 2 saturated heterocycles. The van der Waals surface area contributed by atoms with Crippen LogP contribution in [0.15, 0.2) is 30.0 Å². The van der Waals surface area contributed by atoms with Crippen LogP contribution in [0.1, 0.15) is 5.56 Å². The quantitative estimate of drug-likeness (QED) is 0.625. The monoisotopic (exact) mass is 289 g/mol. The third kappa shape index (κ3) is 2.81. The van der Waals surface area contributed by atoms with Crippen LogP contribution in [0.3, 0.4) is 0 Å². The summed E-state index contributed by atoms with van der Waals surface area (Å²) in [5.41, 5.74) is 2.62. The van der Waals surface area contributed by atoms with Gasteiger partial charge in [0.25, 0.3) is 5.91 Å². The van der Waals surface area contributed by atoms with Gasteiger partial charge in [-0.25, -0.2) is 0 Å². The van der Waals surface area contributed by atoms with Crippen molar-refractivity contribution in [2.75, 3.05) is 31.2 Å². The molecule has 1 aromatic carbocycles. The van der Waals surface area contributed by atoms with Gasteiger partial charge >= 0.3 is 0 Å². The van der Waals surface area contributed by atoms with Gasteiger partial charge in [0.1, 0.15) is 5.70 Å². The number of hydrogen-bond donors (Lipinski definition) is 2. The molecule has 6 heteroatoms. The molecule has 2 heterocycles. The van der Waals surface area contributed by atoms with E-state index in [0.29, 0.717) is 10.8 Å². The second kappa shape index (κ2) is 5.60. The molecule has 0 spiro atoms. The number of carbonyl (C=O) groups excluding carboxylic acids is 1. The average molecular weight is 289 g/mol. The van der Waals surface area contributed by atoms with E-state index in [1.165, 1.54) is 5.69 Å². The SMILES string of the molecule is O=C1NC(=S)N/C1=C\c1ccc(N2CCOCC2)cc1. The Morgan fingerprint density at radius 3 is 2.45 bits per heavy atom. The maximum atomic E-state index is 11.6. The molecule has 1 aromatic rings. The maximum absolute atomic E-state index is 11.6. The first-order valence-corrected chi connectivity index (χ1v) is 6.90. The zero-order chi connectivity index (χ0) is 13.9. The number of benzene rings is 1. The third-order valence-electron chi connectivity index (χ3n) is 3.30. The fourth-order valence-electron chi connectivity index (χ4n) is 2.25. The molecule has 3 rings (SSSR count). The molecule has 104 valence electrons. The molecular formula is C14H15N3O2S.